The number of hydrogen-bond donors (Lipinski definition) is 2. The van der Waals surface area contributed by atoms with E-state index in [9.17, 15) is 13.5 Å². The Labute approximate surface area is 110 Å². The van der Waals surface area contributed by atoms with Crippen molar-refractivity contribution in [2.45, 2.75) is 44.8 Å². The van der Waals surface area contributed by atoms with E-state index in [1.165, 1.54) is 12.8 Å². The standard InChI is InChI=1S/C12H25NO4S/c1-2-18(15,16)8-7-13-9-11(14)10-17-12-5-3-4-6-12/h11-14H,2-10H2,1H3. The van der Waals surface area contributed by atoms with Gasteiger partial charge in [-0.25, -0.2) is 8.42 Å². The van der Waals surface area contributed by atoms with E-state index < -0.39 is 15.9 Å². The first-order chi connectivity index (χ1) is 8.53. The van der Waals surface area contributed by atoms with Gasteiger partial charge < -0.3 is 15.2 Å². The van der Waals surface area contributed by atoms with Crippen LogP contribution in [0.2, 0.25) is 0 Å². The van der Waals surface area contributed by atoms with Crippen LogP contribution >= 0.6 is 0 Å². The first-order valence-electron chi connectivity index (χ1n) is 6.74. The molecule has 18 heavy (non-hydrogen) atoms. The second-order valence-corrected chi connectivity index (χ2v) is 7.31. The molecule has 1 unspecified atom stereocenters. The van der Waals surface area contributed by atoms with Gasteiger partial charge in [-0.15, -0.1) is 0 Å². The summed E-state index contributed by atoms with van der Waals surface area (Å²) in [6.07, 6.45) is 4.36. The summed E-state index contributed by atoms with van der Waals surface area (Å²) in [5.41, 5.74) is 0. The molecule has 6 heteroatoms. The average Bonchev–Trinajstić information content (AvgIpc) is 2.85. The van der Waals surface area contributed by atoms with E-state index in [1.54, 1.807) is 6.92 Å². The van der Waals surface area contributed by atoms with Gasteiger partial charge in [0.15, 0.2) is 9.84 Å². The van der Waals surface area contributed by atoms with Crippen molar-refractivity contribution in [2.75, 3.05) is 31.2 Å². The summed E-state index contributed by atoms with van der Waals surface area (Å²) in [4.78, 5) is 0. The van der Waals surface area contributed by atoms with Gasteiger partial charge in [0.25, 0.3) is 0 Å². The number of rotatable bonds is 9. The Morgan fingerprint density at radius 3 is 2.67 bits per heavy atom. The molecule has 1 atom stereocenters. The fourth-order valence-corrected chi connectivity index (χ4v) is 2.75. The van der Waals surface area contributed by atoms with Gasteiger partial charge in [0.05, 0.1) is 24.6 Å². The minimum absolute atomic E-state index is 0.125. The third-order valence-corrected chi connectivity index (χ3v) is 4.94. The Bertz CT molecular complexity index is 312. The van der Waals surface area contributed by atoms with E-state index in [4.69, 9.17) is 4.74 Å². The molecule has 0 spiro atoms. The van der Waals surface area contributed by atoms with Gasteiger partial charge in [0.2, 0.25) is 0 Å². The molecule has 0 bridgehead atoms. The third kappa shape index (κ3) is 6.68. The molecule has 5 nitrogen and oxygen atoms in total. The van der Waals surface area contributed by atoms with E-state index in [-0.39, 0.29) is 11.5 Å². The van der Waals surface area contributed by atoms with Crippen molar-refractivity contribution in [2.24, 2.45) is 0 Å². The SMILES string of the molecule is CCS(=O)(=O)CCNCC(O)COC1CCCC1. The molecule has 0 radical (unpaired) electrons. The third-order valence-electron chi connectivity index (χ3n) is 3.24. The maximum atomic E-state index is 11.2. The first kappa shape index (κ1) is 15.9. The lowest BCUT2D eigenvalue weighted by molar-refractivity contribution is -0.00521. The Balaban J connectivity index is 2.01. The molecule has 0 amide bonds. The molecule has 0 aromatic carbocycles. The topological polar surface area (TPSA) is 75.6 Å². The van der Waals surface area contributed by atoms with Crippen molar-refractivity contribution in [1.29, 1.82) is 0 Å². The molecule has 2 N–H and O–H groups in total. The number of sulfone groups is 1. The monoisotopic (exact) mass is 279 g/mol. The summed E-state index contributed by atoms with van der Waals surface area (Å²) < 4.78 is 28.0. The Hall–Kier alpha value is -0.170. The van der Waals surface area contributed by atoms with Gasteiger partial charge in [-0.05, 0) is 12.8 Å². The molecule has 108 valence electrons. The minimum Gasteiger partial charge on any atom is -0.389 e. The maximum absolute atomic E-state index is 11.2. The molecule has 1 aliphatic rings. The molecule has 1 aliphatic carbocycles. The summed E-state index contributed by atoms with van der Waals surface area (Å²) in [5, 5.41) is 12.6. The van der Waals surface area contributed by atoms with Crippen LogP contribution < -0.4 is 5.32 Å². The number of ether oxygens (including phenoxy) is 1. The van der Waals surface area contributed by atoms with Gasteiger partial charge in [-0.2, -0.15) is 0 Å². The molecule has 1 saturated carbocycles. The smallest absolute Gasteiger partial charge is 0.151 e. The molecular formula is C12H25NO4S. The van der Waals surface area contributed by atoms with Crippen molar-refractivity contribution in [1.82, 2.24) is 5.32 Å². The summed E-state index contributed by atoms with van der Waals surface area (Å²) in [6.45, 7) is 2.74. The number of hydrogen-bond acceptors (Lipinski definition) is 5. The van der Waals surface area contributed by atoms with Crippen molar-refractivity contribution in [3.05, 3.63) is 0 Å². The van der Waals surface area contributed by atoms with Crippen LogP contribution in [0.4, 0.5) is 0 Å². The minimum atomic E-state index is -2.92. The van der Waals surface area contributed by atoms with Crippen LogP contribution in [0, 0.1) is 0 Å². The van der Waals surface area contributed by atoms with Crippen LogP contribution in [-0.4, -0.2) is 56.9 Å². The zero-order valence-corrected chi connectivity index (χ0v) is 11.9. The highest BCUT2D eigenvalue weighted by atomic mass is 32.2. The highest BCUT2D eigenvalue weighted by Crippen LogP contribution is 2.20. The van der Waals surface area contributed by atoms with Gasteiger partial charge in [-0.1, -0.05) is 19.8 Å². The van der Waals surface area contributed by atoms with E-state index in [0.29, 0.717) is 25.8 Å². The second-order valence-electron chi connectivity index (χ2n) is 4.83. The van der Waals surface area contributed by atoms with Gasteiger partial charge >= 0.3 is 0 Å². The number of nitrogens with one attached hydrogen (secondary N) is 1. The quantitative estimate of drug-likeness (QED) is 0.595. The maximum Gasteiger partial charge on any atom is 0.151 e. The van der Waals surface area contributed by atoms with Crippen LogP contribution in [0.5, 0.6) is 0 Å². The van der Waals surface area contributed by atoms with Crippen LogP contribution in [0.15, 0.2) is 0 Å². The first-order valence-corrected chi connectivity index (χ1v) is 8.56. The summed E-state index contributed by atoms with van der Waals surface area (Å²) >= 11 is 0. The van der Waals surface area contributed by atoms with Gasteiger partial charge in [-0.3, -0.25) is 0 Å². The summed E-state index contributed by atoms with van der Waals surface area (Å²) in [6, 6.07) is 0. The molecule has 0 aromatic rings. The van der Waals surface area contributed by atoms with Crippen molar-refractivity contribution >= 4 is 9.84 Å². The van der Waals surface area contributed by atoms with E-state index in [2.05, 4.69) is 5.32 Å². The second kappa shape index (κ2) is 8.09. The zero-order valence-electron chi connectivity index (χ0n) is 11.1. The van der Waals surface area contributed by atoms with Crippen LogP contribution in [0.25, 0.3) is 0 Å². The lowest BCUT2D eigenvalue weighted by Gasteiger charge is -2.15. The molecular weight excluding hydrogens is 254 g/mol. The Morgan fingerprint density at radius 1 is 1.39 bits per heavy atom. The Morgan fingerprint density at radius 2 is 2.06 bits per heavy atom. The molecule has 1 rings (SSSR count). The fraction of sp³-hybridized carbons (Fsp3) is 1.00. The highest BCUT2D eigenvalue weighted by Gasteiger charge is 2.16. The number of aliphatic hydroxyl groups is 1. The molecule has 0 heterocycles. The van der Waals surface area contributed by atoms with Crippen molar-refractivity contribution in [3.63, 3.8) is 0 Å². The largest absolute Gasteiger partial charge is 0.389 e. The van der Waals surface area contributed by atoms with E-state index in [0.717, 1.165) is 12.8 Å². The van der Waals surface area contributed by atoms with Crippen LogP contribution in [0.1, 0.15) is 32.6 Å². The highest BCUT2D eigenvalue weighted by molar-refractivity contribution is 7.91. The number of aliphatic hydroxyl groups excluding tert-OH is 1. The van der Waals surface area contributed by atoms with Gasteiger partial charge in [0.1, 0.15) is 0 Å². The Kier molecular flexibility index (Phi) is 7.14. The fourth-order valence-electron chi connectivity index (χ4n) is 2.00. The molecule has 0 saturated heterocycles. The summed E-state index contributed by atoms with van der Waals surface area (Å²) in [7, 11) is -2.92. The lowest BCUT2D eigenvalue weighted by Crippen LogP contribution is -2.34. The van der Waals surface area contributed by atoms with Gasteiger partial charge in [0, 0.05) is 18.8 Å². The van der Waals surface area contributed by atoms with Crippen LogP contribution in [-0.2, 0) is 14.6 Å². The van der Waals surface area contributed by atoms with E-state index >= 15 is 0 Å². The zero-order chi connectivity index (χ0) is 13.4. The summed E-state index contributed by atoms with van der Waals surface area (Å²) in [5.74, 6) is 0.293. The van der Waals surface area contributed by atoms with E-state index in [1.807, 2.05) is 0 Å². The van der Waals surface area contributed by atoms with Crippen molar-refractivity contribution < 1.29 is 18.3 Å². The average molecular weight is 279 g/mol. The molecule has 0 aliphatic heterocycles. The predicted molar refractivity (Wildman–Crippen MR) is 71.4 cm³/mol. The van der Waals surface area contributed by atoms with Crippen molar-refractivity contribution in [3.8, 4) is 0 Å². The van der Waals surface area contributed by atoms with Crippen LogP contribution in [0.3, 0.4) is 0 Å². The molecule has 1 fully saturated rings. The predicted octanol–water partition coefficient (Wildman–Crippen LogP) is 0.331. The normalized spacial score (nSPS) is 19.2. The lowest BCUT2D eigenvalue weighted by atomic mass is 10.3. The molecule has 0 aromatic heterocycles.